The van der Waals surface area contributed by atoms with Crippen molar-refractivity contribution in [3.63, 3.8) is 0 Å². The number of aryl methyl sites for hydroxylation is 1. The largest absolute Gasteiger partial charge is 0.481 e. The van der Waals surface area contributed by atoms with Crippen molar-refractivity contribution in [3.8, 4) is 0 Å². The van der Waals surface area contributed by atoms with Crippen LogP contribution in [0.15, 0.2) is 24.3 Å². The minimum atomic E-state index is -0.810. The molecule has 2 N–H and O–H groups in total. The average Bonchev–Trinajstić information content (AvgIpc) is 2.56. The summed E-state index contributed by atoms with van der Waals surface area (Å²) in [5, 5.41) is 12.5. The van der Waals surface area contributed by atoms with Gasteiger partial charge in [-0.05, 0) is 42.2 Å². The summed E-state index contributed by atoms with van der Waals surface area (Å²) in [5.41, 5.74) is 2.50. The van der Waals surface area contributed by atoms with E-state index in [0.717, 1.165) is 12.8 Å². The number of piperidine rings is 1. The number of nitrogens with zero attached hydrogens (tertiary/aromatic N) is 1. The van der Waals surface area contributed by atoms with Crippen LogP contribution in [0.4, 0.5) is 4.79 Å². The molecule has 0 saturated carbocycles. The molecule has 1 aromatic rings. The molecular weight excluding hydrogens is 304 g/mol. The van der Waals surface area contributed by atoms with Gasteiger partial charge in [-0.15, -0.1) is 0 Å². The number of aliphatic carboxylic acids is 1. The number of benzene rings is 1. The summed E-state index contributed by atoms with van der Waals surface area (Å²) in [5.74, 6) is -0.686. The number of carboxylic acid groups (broad SMARTS) is 1. The van der Waals surface area contributed by atoms with Crippen LogP contribution < -0.4 is 5.32 Å². The van der Waals surface area contributed by atoms with Crippen LogP contribution in [0, 0.1) is 17.8 Å². The number of nitrogens with one attached hydrogen (secondary N) is 1. The van der Waals surface area contributed by atoms with E-state index in [-0.39, 0.29) is 18.0 Å². The number of likely N-dealkylation sites (tertiary alicyclic amines) is 1. The Bertz CT molecular complexity index is 631. The van der Waals surface area contributed by atoms with Gasteiger partial charge in [0, 0.05) is 13.1 Å². The predicted molar refractivity (Wildman–Crippen MR) is 91.7 cm³/mol. The summed E-state index contributed by atoms with van der Waals surface area (Å²) >= 11 is 0. The Labute approximate surface area is 143 Å². The molecule has 24 heavy (non-hydrogen) atoms. The second-order valence-corrected chi connectivity index (χ2v) is 7.42. The van der Waals surface area contributed by atoms with E-state index in [2.05, 4.69) is 24.4 Å². The predicted octanol–water partition coefficient (Wildman–Crippen LogP) is 3.06. The van der Waals surface area contributed by atoms with Crippen molar-refractivity contribution in [2.45, 2.75) is 39.2 Å². The number of urea groups is 1. The summed E-state index contributed by atoms with van der Waals surface area (Å²) < 4.78 is 0. The molecule has 130 valence electrons. The lowest BCUT2D eigenvalue weighted by atomic mass is 9.81. The number of fused-ring (bicyclic) bond motifs is 1. The molecule has 4 unspecified atom stereocenters. The van der Waals surface area contributed by atoms with E-state index < -0.39 is 11.9 Å². The first kappa shape index (κ1) is 16.8. The van der Waals surface area contributed by atoms with E-state index in [9.17, 15) is 14.7 Å². The second-order valence-electron chi connectivity index (χ2n) is 7.42. The fraction of sp³-hybridized carbons (Fsp3) is 0.579. The van der Waals surface area contributed by atoms with Gasteiger partial charge in [-0.1, -0.05) is 38.1 Å². The molecule has 1 heterocycles. The third-order valence-electron chi connectivity index (χ3n) is 5.40. The van der Waals surface area contributed by atoms with Crippen molar-refractivity contribution in [1.29, 1.82) is 0 Å². The number of carboxylic acids is 1. The zero-order chi connectivity index (χ0) is 17.3. The smallest absolute Gasteiger partial charge is 0.317 e. The van der Waals surface area contributed by atoms with Crippen LogP contribution in [-0.4, -0.2) is 35.1 Å². The Hall–Kier alpha value is -2.04. The molecule has 3 rings (SSSR count). The first-order chi connectivity index (χ1) is 11.5. The summed E-state index contributed by atoms with van der Waals surface area (Å²) in [6, 6.07) is 8.14. The Balaban J connectivity index is 1.73. The summed E-state index contributed by atoms with van der Waals surface area (Å²) in [7, 11) is 0. The van der Waals surface area contributed by atoms with Crippen LogP contribution >= 0.6 is 0 Å². The zero-order valence-corrected chi connectivity index (χ0v) is 14.4. The summed E-state index contributed by atoms with van der Waals surface area (Å²) in [6.07, 6.45) is 2.74. The lowest BCUT2D eigenvalue weighted by molar-refractivity contribution is -0.143. The zero-order valence-electron chi connectivity index (χ0n) is 14.4. The molecule has 5 heteroatoms. The molecule has 0 radical (unpaired) electrons. The van der Waals surface area contributed by atoms with E-state index >= 15 is 0 Å². The van der Waals surface area contributed by atoms with E-state index in [0.29, 0.717) is 25.4 Å². The van der Waals surface area contributed by atoms with Gasteiger partial charge in [0.15, 0.2) is 0 Å². The van der Waals surface area contributed by atoms with Crippen molar-refractivity contribution in [2.24, 2.45) is 17.8 Å². The molecule has 0 spiro atoms. The molecule has 1 aromatic carbocycles. The Morgan fingerprint density at radius 1 is 1.21 bits per heavy atom. The molecule has 4 atom stereocenters. The number of carbonyl (C=O) groups is 2. The standard InChI is InChI=1S/C19H26N2O3/c1-12-9-15(18(22)23)11-21(10-12)19(24)20-17-13(2)7-8-14-5-3-4-6-16(14)17/h3-6,12-13,15,17H,7-11H2,1-2H3,(H,20,24)(H,22,23). The topological polar surface area (TPSA) is 69.6 Å². The molecule has 1 aliphatic carbocycles. The van der Waals surface area contributed by atoms with Gasteiger partial charge in [-0.25, -0.2) is 4.79 Å². The minimum absolute atomic E-state index is 0.00274. The van der Waals surface area contributed by atoms with Gasteiger partial charge in [-0.2, -0.15) is 0 Å². The normalized spacial score (nSPS) is 29.7. The molecule has 1 aliphatic heterocycles. The molecule has 0 aromatic heterocycles. The third-order valence-corrected chi connectivity index (χ3v) is 5.40. The van der Waals surface area contributed by atoms with Gasteiger partial charge in [0.05, 0.1) is 12.0 Å². The first-order valence-electron chi connectivity index (χ1n) is 8.81. The van der Waals surface area contributed by atoms with E-state index in [4.69, 9.17) is 0 Å². The monoisotopic (exact) mass is 330 g/mol. The van der Waals surface area contributed by atoms with Gasteiger partial charge in [0.1, 0.15) is 0 Å². The Morgan fingerprint density at radius 3 is 2.71 bits per heavy atom. The van der Waals surface area contributed by atoms with Crippen LogP contribution in [0.5, 0.6) is 0 Å². The minimum Gasteiger partial charge on any atom is -0.481 e. The summed E-state index contributed by atoms with van der Waals surface area (Å²) in [6.45, 7) is 5.10. The fourth-order valence-electron chi connectivity index (χ4n) is 4.06. The molecule has 5 nitrogen and oxygen atoms in total. The summed E-state index contributed by atoms with van der Waals surface area (Å²) in [4.78, 5) is 25.8. The highest BCUT2D eigenvalue weighted by atomic mass is 16.4. The number of rotatable bonds is 2. The lowest BCUT2D eigenvalue weighted by Gasteiger charge is -2.38. The maximum absolute atomic E-state index is 12.8. The first-order valence-corrected chi connectivity index (χ1v) is 8.81. The highest BCUT2D eigenvalue weighted by molar-refractivity contribution is 5.77. The van der Waals surface area contributed by atoms with E-state index in [1.807, 2.05) is 19.1 Å². The van der Waals surface area contributed by atoms with Crippen LogP contribution in [-0.2, 0) is 11.2 Å². The number of amides is 2. The van der Waals surface area contributed by atoms with Crippen LogP contribution in [0.1, 0.15) is 43.9 Å². The maximum Gasteiger partial charge on any atom is 0.317 e. The highest BCUT2D eigenvalue weighted by Crippen LogP contribution is 2.34. The number of hydrogen-bond acceptors (Lipinski definition) is 2. The quantitative estimate of drug-likeness (QED) is 0.875. The van der Waals surface area contributed by atoms with Crippen LogP contribution in [0.3, 0.4) is 0 Å². The highest BCUT2D eigenvalue weighted by Gasteiger charge is 2.34. The number of hydrogen-bond donors (Lipinski definition) is 2. The maximum atomic E-state index is 12.8. The van der Waals surface area contributed by atoms with Gasteiger partial charge in [0.25, 0.3) is 0 Å². The van der Waals surface area contributed by atoms with Crippen molar-refractivity contribution < 1.29 is 14.7 Å². The lowest BCUT2D eigenvalue weighted by Crippen LogP contribution is -2.51. The van der Waals surface area contributed by atoms with Crippen molar-refractivity contribution in [1.82, 2.24) is 10.2 Å². The molecule has 1 saturated heterocycles. The Kier molecular flexibility index (Phi) is 4.78. The van der Waals surface area contributed by atoms with Gasteiger partial charge in [0.2, 0.25) is 0 Å². The fourth-order valence-corrected chi connectivity index (χ4v) is 4.06. The van der Waals surface area contributed by atoms with E-state index in [1.54, 1.807) is 4.90 Å². The second kappa shape index (κ2) is 6.83. The van der Waals surface area contributed by atoms with E-state index in [1.165, 1.54) is 11.1 Å². The van der Waals surface area contributed by atoms with Crippen molar-refractivity contribution in [2.75, 3.05) is 13.1 Å². The molecule has 2 amide bonds. The van der Waals surface area contributed by atoms with Crippen LogP contribution in [0.25, 0.3) is 0 Å². The van der Waals surface area contributed by atoms with Gasteiger partial charge >= 0.3 is 12.0 Å². The molecular formula is C19H26N2O3. The van der Waals surface area contributed by atoms with Gasteiger partial charge < -0.3 is 15.3 Å². The van der Waals surface area contributed by atoms with Crippen LogP contribution in [0.2, 0.25) is 0 Å². The van der Waals surface area contributed by atoms with Crippen molar-refractivity contribution in [3.05, 3.63) is 35.4 Å². The van der Waals surface area contributed by atoms with Crippen molar-refractivity contribution >= 4 is 12.0 Å². The average molecular weight is 330 g/mol. The SMILES string of the molecule is CC1CC(C(=O)O)CN(C(=O)NC2c3ccccc3CCC2C)C1. The molecule has 0 bridgehead atoms. The molecule has 2 aliphatic rings. The molecule has 1 fully saturated rings. The third kappa shape index (κ3) is 3.40. The number of carbonyl (C=O) groups excluding carboxylic acids is 1. The van der Waals surface area contributed by atoms with Gasteiger partial charge in [-0.3, -0.25) is 4.79 Å². The Morgan fingerprint density at radius 2 is 1.96 bits per heavy atom.